The third kappa shape index (κ3) is 4.72. The Morgan fingerprint density at radius 2 is 1.71 bits per heavy atom. The van der Waals surface area contributed by atoms with Crippen LogP contribution in [0.25, 0.3) is 0 Å². The molecule has 1 aromatic rings. The molecule has 1 aliphatic rings. The zero-order valence-corrected chi connectivity index (χ0v) is 13.9. The summed E-state index contributed by atoms with van der Waals surface area (Å²) in [5.41, 5.74) is 2.85. The second-order valence-electron chi connectivity index (χ2n) is 6.40. The maximum absolute atomic E-state index is 5.95. The second-order valence-corrected chi connectivity index (χ2v) is 6.40. The minimum Gasteiger partial charge on any atom is -0.492 e. The molecule has 0 spiro atoms. The Morgan fingerprint density at radius 3 is 2.33 bits per heavy atom. The third-order valence-corrected chi connectivity index (χ3v) is 4.08. The zero-order valence-electron chi connectivity index (χ0n) is 13.9. The van der Waals surface area contributed by atoms with Gasteiger partial charge in [0.1, 0.15) is 12.4 Å². The van der Waals surface area contributed by atoms with Gasteiger partial charge in [-0.05, 0) is 35.1 Å². The van der Waals surface area contributed by atoms with Crippen LogP contribution < -0.4 is 4.74 Å². The van der Waals surface area contributed by atoms with Crippen LogP contribution >= 0.6 is 0 Å². The molecule has 2 rings (SSSR count). The Bertz CT molecular complexity index is 437. The number of rotatable bonds is 6. The molecule has 0 radical (unpaired) electrons. The molecule has 0 N–H and O–H groups in total. The van der Waals surface area contributed by atoms with E-state index in [0.29, 0.717) is 11.8 Å². The Balaban J connectivity index is 1.92. The maximum Gasteiger partial charge on any atom is 0.119 e. The maximum atomic E-state index is 5.95. The fraction of sp³-hybridized carbons (Fsp3) is 0.667. The molecule has 0 bridgehead atoms. The van der Waals surface area contributed by atoms with Gasteiger partial charge in [0.25, 0.3) is 0 Å². The first kappa shape index (κ1) is 16.3. The minimum atomic E-state index is 0.533. The average Bonchev–Trinajstić information content (AvgIpc) is 2.48. The molecule has 3 nitrogen and oxygen atoms in total. The van der Waals surface area contributed by atoms with Crippen molar-refractivity contribution in [3.05, 3.63) is 29.3 Å². The molecule has 1 aromatic carbocycles. The normalized spacial score (nSPS) is 16.7. The molecular weight excluding hydrogens is 262 g/mol. The van der Waals surface area contributed by atoms with Crippen molar-refractivity contribution in [2.75, 3.05) is 39.5 Å². The largest absolute Gasteiger partial charge is 0.492 e. The van der Waals surface area contributed by atoms with Gasteiger partial charge in [-0.3, -0.25) is 4.90 Å². The molecule has 0 aliphatic carbocycles. The predicted octanol–water partition coefficient (Wildman–Crippen LogP) is 3.64. The monoisotopic (exact) mass is 291 g/mol. The summed E-state index contributed by atoms with van der Waals surface area (Å²) in [6.45, 7) is 14.5. The summed E-state index contributed by atoms with van der Waals surface area (Å²) in [5, 5.41) is 0. The molecule has 1 saturated heterocycles. The lowest BCUT2D eigenvalue weighted by Gasteiger charge is -2.26. The van der Waals surface area contributed by atoms with Crippen LogP contribution in [-0.4, -0.2) is 44.4 Å². The van der Waals surface area contributed by atoms with Crippen molar-refractivity contribution in [3.63, 3.8) is 0 Å². The van der Waals surface area contributed by atoms with Gasteiger partial charge in [-0.2, -0.15) is 0 Å². The van der Waals surface area contributed by atoms with Crippen LogP contribution in [0.3, 0.4) is 0 Å². The van der Waals surface area contributed by atoms with E-state index in [-0.39, 0.29) is 0 Å². The van der Waals surface area contributed by atoms with Gasteiger partial charge in [0.2, 0.25) is 0 Å². The molecule has 0 saturated carbocycles. The highest BCUT2D eigenvalue weighted by atomic mass is 16.5. The number of hydrogen-bond donors (Lipinski definition) is 0. The van der Waals surface area contributed by atoms with Crippen molar-refractivity contribution in [1.82, 2.24) is 4.90 Å². The molecule has 1 fully saturated rings. The molecule has 1 heterocycles. The third-order valence-electron chi connectivity index (χ3n) is 4.08. The highest BCUT2D eigenvalue weighted by molar-refractivity contribution is 5.39. The van der Waals surface area contributed by atoms with Crippen LogP contribution in [0, 0.1) is 0 Å². The molecule has 118 valence electrons. The first-order valence-corrected chi connectivity index (χ1v) is 8.14. The van der Waals surface area contributed by atoms with Gasteiger partial charge in [0, 0.05) is 19.6 Å². The standard InChI is InChI=1S/C18H29NO2/c1-14(2)17-6-5-16(13-18(17)15(3)4)21-12-9-19-7-10-20-11-8-19/h5-6,13-15H,7-12H2,1-4H3. The van der Waals surface area contributed by atoms with Crippen molar-refractivity contribution >= 4 is 0 Å². The molecule has 0 atom stereocenters. The van der Waals surface area contributed by atoms with E-state index in [9.17, 15) is 0 Å². The first-order valence-electron chi connectivity index (χ1n) is 8.14. The number of nitrogens with zero attached hydrogens (tertiary/aromatic N) is 1. The fourth-order valence-electron chi connectivity index (χ4n) is 2.79. The van der Waals surface area contributed by atoms with Crippen molar-refractivity contribution in [1.29, 1.82) is 0 Å². The summed E-state index contributed by atoms with van der Waals surface area (Å²) < 4.78 is 11.3. The van der Waals surface area contributed by atoms with Crippen molar-refractivity contribution in [3.8, 4) is 5.75 Å². The summed E-state index contributed by atoms with van der Waals surface area (Å²) in [6.07, 6.45) is 0. The lowest BCUT2D eigenvalue weighted by atomic mass is 9.90. The molecular formula is C18H29NO2. The smallest absolute Gasteiger partial charge is 0.119 e. The highest BCUT2D eigenvalue weighted by Crippen LogP contribution is 2.29. The summed E-state index contributed by atoms with van der Waals surface area (Å²) >= 11 is 0. The molecule has 0 unspecified atom stereocenters. The molecule has 0 amide bonds. The summed E-state index contributed by atoms with van der Waals surface area (Å²) in [4.78, 5) is 2.40. The quantitative estimate of drug-likeness (QED) is 0.798. The summed E-state index contributed by atoms with van der Waals surface area (Å²) in [6, 6.07) is 6.56. The Labute approximate surface area is 129 Å². The zero-order chi connectivity index (χ0) is 15.2. The topological polar surface area (TPSA) is 21.7 Å². The van der Waals surface area contributed by atoms with Crippen molar-refractivity contribution in [2.24, 2.45) is 0 Å². The Kier molecular flexibility index (Phi) is 6.07. The number of morpholine rings is 1. The van der Waals surface area contributed by atoms with E-state index < -0.39 is 0 Å². The lowest BCUT2D eigenvalue weighted by molar-refractivity contribution is 0.0322. The number of benzene rings is 1. The first-order chi connectivity index (χ1) is 10.1. The van der Waals surface area contributed by atoms with Gasteiger partial charge in [-0.25, -0.2) is 0 Å². The van der Waals surface area contributed by atoms with Gasteiger partial charge in [0.15, 0.2) is 0 Å². The molecule has 21 heavy (non-hydrogen) atoms. The van der Waals surface area contributed by atoms with E-state index in [0.717, 1.165) is 45.2 Å². The van der Waals surface area contributed by atoms with E-state index >= 15 is 0 Å². The molecule has 3 heteroatoms. The molecule has 0 aromatic heterocycles. The number of ether oxygens (including phenoxy) is 2. The van der Waals surface area contributed by atoms with E-state index in [1.54, 1.807) is 0 Å². The van der Waals surface area contributed by atoms with Crippen LogP contribution in [0.4, 0.5) is 0 Å². The second kappa shape index (κ2) is 7.81. The summed E-state index contributed by atoms with van der Waals surface area (Å²) in [7, 11) is 0. The fourth-order valence-corrected chi connectivity index (χ4v) is 2.79. The summed E-state index contributed by atoms with van der Waals surface area (Å²) in [5.74, 6) is 2.09. The van der Waals surface area contributed by atoms with E-state index in [2.05, 4.69) is 50.8 Å². The van der Waals surface area contributed by atoms with E-state index in [1.165, 1.54) is 11.1 Å². The highest BCUT2D eigenvalue weighted by Gasteiger charge is 2.12. The van der Waals surface area contributed by atoms with Crippen LogP contribution in [0.1, 0.15) is 50.7 Å². The van der Waals surface area contributed by atoms with Crippen molar-refractivity contribution < 1.29 is 9.47 Å². The van der Waals surface area contributed by atoms with Crippen LogP contribution in [0.15, 0.2) is 18.2 Å². The van der Waals surface area contributed by atoms with E-state index in [4.69, 9.17) is 9.47 Å². The van der Waals surface area contributed by atoms with E-state index in [1.807, 2.05) is 0 Å². The van der Waals surface area contributed by atoms with Crippen LogP contribution in [0.5, 0.6) is 5.75 Å². The average molecular weight is 291 g/mol. The van der Waals surface area contributed by atoms with Crippen molar-refractivity contribution in [2.45, 2.75) is 39.5 Å². The van der Waals surface area contributed by atoms with Gasteiger partial charge >= 0.3 is 0 Å². The lowest BCUT2D eigenvalue weighted by Crippen LogP contribution is -2.38. The molecule has 1 aliphatic heterocycles. The van der Waals surface area contributed by atoms with Gasteiger partial charge in [-0.15, -0.1) is 0 Å². The Hall–Kier alpha value is -1.06. The van der Waals surface area contributed by atoms with Gasteiger partial charge in [0.05, 0.1) is 13.2 Å². The Morgan fingerprint density at radius 1 is 1.05 bits per heavy atom. The number of hydrogen-bond acceptors (Lipinski definition) is 3. The van der Waals surface area contributed by atoms with Gasteiger partial charge in [-0.1, -0.05) is 33.8 Å². The minimum absolute atomic E-state index is 0.533. The predicted molar refractivity (Wildman–Crippen MR) is 87.4 cm³/mol. The van der Waals surface area contributed by atoms with Crippen LogP contribution in [-0.2, 0) is 4.74 Å². The van der Waals surface area contributed by atoms with Gasteiger partial charge < -0.3 is 9.47 Å². The SMILES string of the molecule is CC(C)c1ccc(OCCN2CCOCC2)cc1C(C)C. The van der Waals surface area contributed by atoms with Crippen LogP contribution in [0.2, 0.25) is 0 Å².